The number of rotatable bonds is 4. The molecule has 76 valence electrons. The predicted molar refractivity (Wildman–Crippen MR) is 59.8 cm³/mol. The molecule has 0 aromatic heterocycles. The Morgan fingerprint density at radius 2 is 1.85 bits per heavy atom. The van der Waals surface area contributed by atoms with Gasteiger partial charge in [-0.05, 0) is 44.4 Å². The van der Waals surface area contributed by atoms with Crippen LogP contribution in [-0.4, -0.2) is 0 Å². The average Bonchev–Trinajstić information content (AvgIpc) is 2.17. The van der Waals surface area contributed by atoms with Gasteiger partial charge in [0.1, 0.15) is 0 Å². The van der Waals surface area contributed by atoms with E-state index in [4.69, 9.17) is 0 Å². The fraction of sp³-hybridized carbons (Fsp3) is 0.846. The summed E-state index contributed by atoms with van der Waals surface area (Å²) in [6.45, 7) is 4.44. The van der Waals surface area contributed by atoms with Crippen LogP contribution in [0.25, 0.3) is 0 Å². The molecule has 0 radical (unpaired) electrons. The molecule has 0 saturated heterocycles. The van der Waals surface area contributed by atoms with Crippen molar-refractivity contribution in [2.75, 3.05) is 0 Å². The summed E-state index contributed by atoms with van der Waals surface area (Å²) in [4.78, 5) is 0. The summed E-state index contributed by atoms with van der Waals surface area (Å²) < 4.78 is 0. The highest BCUT2D eigenvalue weighted by molar-refractivity contribution is 4.88. The van der Waals surface area contributed by atoms with Crippen molar-refractivity contribution < 1.29 is 0 Å². The summed E-state index contributed by atoms with van der Waals surface area (Å²) in [5.41, 5.74) is 0. The third-order valence-electron chi connectivity index (χ3n) is 3.32. The Labute approximate surface area is 83.4 Å². The minimum atomic E-state index is 0.905. The average molecular weight is 180 g/mol. The highest BCUT2D eigenvalue weighted by Gasteiger charge is 2.18. The smallest absolute Gasteiger partial charge is 0.0233 e. The van der Waals surface area contributed by atoms with E-state index >= 15 is 0 Å². The van der Waals surface area contributed by atoms with Gasteiger partial charge in [-0.2, -0.15) is 0 Å². The molecule has 0 nitrogen and oxygen atoms in total. The first-order valence-corrected chi connectivity index (χ1v) is 5.99. The summed E-state index contributed by atoms with van der Waals surface area (Å²) >= 11 is 0. The van der Waals surface area contributed by atoms with Crippen LogP contribution in [0.1, 0.15) is 58.8 Å². The highest BCUT2D eigenvalue weighted by atomic mass is 14.2. The molecule has 1 aliphatic rings. The Balaban J connectivity index is 2.15. The lowest BCUT2D eigenvalue weighted by Crippen LogP contribution is -2.12. The van der Waals surface area contributed by atoms with E-state index in [1.807, 2.05) is 0 Å². The van der Waals surface area contributed by atoms with Crippen molar-refractivity contribution in [3.05, 3.63) is 12.2 Å². The third-order valence-corrected chi connectivity index (χ3v) is 3.32. The summed E-state index contributed by atoms with van der Waals surface area (Å²) in [6, 6.07) is 0. The normalized spacial score (nSPS) is 29.7. The summed E-state index contributed by atoms with van der Waals surface area (Å²) in [6.07, 6.45) is 14.8. The van der Waals surface area contributed by atoms with Gasteiger partial charge in [-0.1, -0.05) is 38.3 Å². The summed E-state index contributed by atoms with van der Waals surface area (Å²) in [7, 11) is 0. The van der Waals surface area contributed by atoms with Gasteiger partial charge in [0, 0.05) is 0 Å². The van der Waals surface area contributed by atoms with Crippen molar-refractivity contribution in [1.82, 2.24) is 0 Å². The molecule has 0 bridgehead atoms. The number of allylic oxidation sites excluding steroid dienone is 2. The fourth-order valence-corrected chi connectivity index (χ4v) is 2.43. The molecule has 1 rings (SSSR count). The molecule has 0 atom stereocenters. The van der Waals surface area contributed by atoms with Crippen LogP contribution in [0.5, 0.6) is 0 Å². The maximum Gasteiger partial charge on any atom is -0.0233 e. The van der Waals surface area contributed by atoms with Crippen molar-refractivity contribution in [2.45, 2.75) is 58.8 Å². The molecular formula is C13H24. The minimum absolute atomic E-state index is 0.905. The fourth-order valence-electron chi connectivity index (χ4n) is 2.43. The van der Waals surface area contributed by atoms with Crippen LogP contribution in [-0.2, 0) is 0 Å². The third kappa shape index (κ3) is 3.97. The van der Waals surface area contributed by atoms with E-state index in [0.717, 1.165) is 11.8 Å². The number of unbranched alkanes of at least 4 members (excludes halogenated alkanes) is 1. The molecule has 0 unspecified atom stereocenters. The Morgan fingerprint density at radius 3 is 2.38 bits per heavy atom. The second-order valence-corrected chi connectivity index (χ2v) is 4.45. The molecular weight excluding hydrogens is 156 g/mol. The van der Waals surface area contributed by atoms with Gasteiger partial charge in [0.2, 0.25) is 0 Å². The van der Waals surface area contributed by atoms with E-state index in [0.29, 0.717) is 0 Å². The van der Waals surface area contributed by atoms with Gasteiger partial charge in [0.25, 0.3) is 0 Å². The van der Waals surface area contributed by atoms with Crippen LogP contribution in [0.3, 0.4) is 0 Å². The summed E-state index contributed by atoms with van der Waals surface area (Å²) in [5.74, 6) is 1.96. The highest BCUT2D eigenvalue weighted by Crippen LogP contribution is 2.32. The molecule has 0 amide bonds. The quantitative estimate of drug-likeness (QED) is 0.556. The predicted octanol–water partition coefficient (Wildman–Crippen LogP) is 4.56. The molecule has 0 heterocycles. The van der Waals surface area contributed by atoms with Crippen molar-refractivity contribution in [3.63, 3.8) is 0 Å². The topological polar surface area (TPSA) is 0 Å². The molecule has 0 aromatic rings. The van der Waals surface area contributed by atoms with Crippen LogP contribution >= 0.6 is 0 Å². The van der Waals surface area contributed by atoms with Gasteiger partial charge in [0.15, 0.2) is 0 Å². The second-order valence-electron chi connectivity index (χ2n) is 4.45. The Hall–Kier alpha value is -0.260. The Morgan fingerprint density at radius 1 is 1.15 bits per heavy atom. The van der Waals surface area contributed by atoms with Gasteiger partial charge in [-0.15, -0.1) is 0 Å². The van der Waals surface area contributed by atoms with E-state index in [9.17, 15) is 0 Å². The molecule has 1 saturated carbocycles. The monoisotopic (exact) mass is 180 g/mol. The van der Waals surface area contributed by atoms with Crippen LogP contribution in [0.2, 0.25) is 0 Å². The Bertz CT molecular complexity index is 138. The van der Waals surface area contributed by atoms with E-state index in [1.165, 1.54) is 44.9 Å². The second kappa shape index (κ2) is 6.23. The van der Waals surface area contributed by atoms with Crippen molar-refractivity contribution in [1.29, 1.82) is 0 Å². The molecule has 0 N–H and O–H groups in total. The lowest BCUT2D eigenvalue weighted by Gasteiger charge is -2.26. The zero-order valence-corrected chi connectivity index (χ0v) is 9.26. The van der Waals surface area contributed by atoms with E-state index in [-0.39, 0.29) is 0 Å². The van der Waals surface area contributed by atoms with E-state index in [1.54, 1.807) is 0 Å². The largest absolute Gasteiger partial charge is 0.0914 e. The molecule has 0 aromatic carbocycles. The summed E-state index contributed by atoms with van der Waals surface area (Å²) in [5, 5.41) is 0. The zero-order valence-electron chi connectivity index (χ0n) is 9.26. The zero-order chi connectivity index (χ0) is 9.52. The van der Waals surface area contributed by atoms with Gasteiger partial charge in [-0.3, -0.25) is 0 Å². The molecule has 0 heteroatoms. The van der Waals surface area contributed by atoms with Crippen LogP contribution in [0, 0.1) is 11.8 Å². The van der Waals surface area contributed by atoms with E-state index in [2.05, 4.69) is 26.0 Å². The van der Waals surface area contributed by atoms with Crippen molar-refractivity contribution in [2.24, 2.45) is 11.8 Å². The Kier molecular flexibility index (Phi) is 5.19. The minimum Gasteiger partial charge on any atom is -0.0914 e. The van der Waals surface area contributed by atoms with Crippen LogP contribution < -0.4 is 0 Å². The first-order valence-electron chi connectivity index (χ1n) is 5.99. The van der Waals surface area contributed by atoms with Gasteiger partial charge < -0.3 is 0 Å². The first kappa shape index (κ1) is 10.8. The molecule has 0 spiro atoms. The van der Waals surface area contributed by atoms with Gasteiger partial charge in [-0.25, -0.2) is 0 Å². The van der Waals surface area contributed by atoms with E-state index < -0.39 is 0 Å². The maximum absolute atomic E-state index is 2.40. The van der Waals surface area contributed by atoms with Gasteiger partial charge in [0.05, 0.1) is 0 Å². The SMILES string of the molecule is C/C=C/C1CCC(CCCC)CC1. The van der Waals surface area contributed by atoms with Crippen molar-refractivity contribution in [3.8, 4) is 0 Å². The first-order chi connectivity index (χ1) is 6.36. The lowest BCUT2D eigenvalue weighted by atomic mass is 9.80. The maximum atomic E-state index is 2.40. The van der Waals surface area contributed by atoms with Crippen LogP contribution in [0.15, 0.2) is 12.2 Å². The van der Waals surface area contributed by atoms with Crippen LogP contribution in [0.4, 0.5) is 0 Å². The number of hydrogen-bond acceptors (Lipinski definition) is 0. The molecule has 1 aliphatic carbocycles. The van der Waals surface area contributed by atoms with Crippen molar-refractivity contribution >= 4 is 0 Å². The standard InChI is InChI=1S/C13H24/c1-3-5-7-13-10-8-12(6-4-2)9-11-13/h4,6,12-13H,3,5,7-11H2,1-2H3/b6-4+. The molecule has 13 heavy (non-hydrogen) atoms. The molecule has 1 fully saturated rings. The molecule has 0 aliphatic heterocycles. The lowest BCUT2D eigenvalue weighted by molar-refractivity contribution is 0.290. The number of hydrogen-bond donors (Lipinski definition) is 0. The van der Waals surface area contributed by atoms with Gasteiger partial charge >= 0.3 is 0 Å².